The van der Waals surface area contributed by atoms with Crippen LogP contribution in [0.15, 0.2) is 30.3 Å². The molecule has 0 radical (unpaired) electrons. The standard InChI is InChI=1S/C22H24FN5O/c1-13(2)28-20(17-9-8-16(12-24)11-18(17)23)26-27-21(28)22(5,6)29-19-10-7-14(3)25-15(19)4/h7-11,13H,1-6H3. The minimum absolute atomic E-state index is 0.0369. The van der Waals surface area contributed by atoms with Gasteiger partial charge in [-0.05, 0) is 71.9 Å². The number of ether oxygens (including phenoxy) is 1. The molecule has 2 heterocycles. The second kappa shape index (κ2) is 7.63. The number of aryl methyl sites for hydroxylation is 2. The molecule has 6 nitrogen and oxygen atoms in total. The zero-order valence-electron chi connectivity index (χ0n) is 17.5. The first-order chi connectivity index (χ1) is 13.6. The summed E-state index contributed by atoms with van der Waals surface area (Å²) in [5, 5.41) is 17.6. The van der Waals surface area contributed by atoms with E-state index in [1.54, 1.807) is 12.1 Å². The number of nitriles is 1. The first-order valence-electron chi connectivity index (χ1n) is 9.42. The van der Waals surface area contributed by atoms with Gasteiger partial charge in [0.2, 0.25) is 0 Å². The normalized spacial score (nSPS) is 11.6. The van der Waals surface area contributed by atoms with Gasteiger partial charge in [0.15, 0.2) is 17.2 Å². The van der Waals surface area contributed by atoms with Crippen molar-refractivity contribution in [2.24, 2.45) is 0 Å². The summed E-state index contributed by atoms with van der Waals surface area (Å²) < 4.78 is 22.8. The van der Waals surface area contributed by atoms with Crippen molar-refractivity contribution in [2.45, 2.75) is 53.2 Å². The maximum Gasteiger partial charge on any atom is 0.177 e. The van der Waals surface area contributed by atoms with Crippen molar-refractivity contribution in [1.82, 2.24) is 19.7 Å². The minimum atomic E-state index is -0.833. The SMILES string of the molecule is Cc1ccc(OC(C)(C)c2nnc(-c3ccc(C#N)cc3F)n2C(C)C)c(C)n1. The molecule has 0 aliphatic heterocycles. The number of benzene rings is 1. The molecule has 2 aromatic heterocycles. The Hall–Kier alpha value is -3.27. The summed E-state index contributed by atoms with van der Waals surface area (Å²) in [6.45, 7) is 11.6. The molecule has 150 valence electrons. The minimum Gasteiger partial charge on any atom is -0.478 e. The fraction of sp³-hybridized carbons (Fsp3) is 0.364. The lowest BCUT2D eigenvalue weighted by atomic mass is 10.1. The Morgan fingerprint density at radius 3 is 2.45 bits per heavy atom. The topological polar surface area (TPSA) is 76.6 Å². The Morgan fingerprint density at radius 1 is 1.14 bits per heavy atom. The lowest BCUT2D eigenvalue weighted by Crippen LogP contribution is -2.31. The van der Waals surface area contributed by atoms with Gasteiger partial charge in [-0.2, -0.15) is 5.26 Å². The Labute approximate surface area is 170 Å². The van der Waals surface area contributed by atoms with Gasteiger partial charge in [0, 0.05) is 11.7 Å². The van der Waals surface area contributed by atoms with Crippen LogP contribution < -0.4 is 4.74 Å². The second-order valence-corrected chi connectivity index (χ2v) is 7.77. The second-order valence-electron chi connectivity index (χ2n) is 7.77. The van der Waals surface area contributed by atoms with Crippen molar-refractivity contribution in [1.29, 1.82) is 5.26 Å². The number of halogens is 1. The summed E-state index contributed by atoms with van der Waals surface area (Å²) in [6.07, 6.45) is 0. The first kappa shape index (κ1) is 20.5. The van der Waals surface area contributed by atoms with Gasteiger partial charge in [-0.1, -0.05) is 0 Å². The molecular formula is C22H24FN5O. The summed E-state index contributed by atoms with van der Waals surface area (Å²) >= 11 is 0. The van der Waals surface area contributed by atoms with Crippen LogP contribution in [0.3, 0.4) is 0 Å². The van der Waals surface area contributed by atoms with Crippen LogP contribution in [0.25, 0.3) is 11.4 Å². The molecule has 0 saturated carbocycles. The zero-order chi connectivity index (χ0) is 21.3. The van der Waals surface area contributed by atoms with Gasteiger partial charge in [-0.25, -0.2) is 4.39 Å². The molecule has 3 rings (SSSR count). The summed E-state index contributed by atoms with van der Waals surface area (Å²) in [5.41, 5.74) is 1.41. The van der Waals surface area contributed by atoms with E-state index in [0.717, 1.165) is 11.4 Å². The van der Waals surface area contributed by atoms with Crippen LogP contribution in [0, 0.1) is 31.0 Å². The molecule has 0 spiro atoms. The maximum absolute atomic E-state index is 14.6. The number of nitrogens with zero attached hydrogens (tertiary/aromatic N) is 5. The molecule has 0 aliphatic rings. The molecule has 0 aliphatic carbocycles. The molecule has 0 unspecified atom stereocenters. The largest absolute Gasteiger partial charge is 0.478 e. The van der Waals surface area contributed by atoms with Crippen LogP contribution in [0.2, 0.25) is 0 Å². The fourth-order valence-electron chi connectivity index (χ4n) is 3.24. The highest BCUT2D eigenvalue weighted by atomic mass is 19.1. The maximum atomic E-state index is 14.6. The predicted octanol–water partition coefficient (Wildman–Crippen LogP) is 4.86. The average Bonchev–Trinajstić information content (AvgIpc) is 3.10. The highest BCUT2D eigenvalue weighted by molar-refractivity contribution is 5.58. The highest BCUT2D eigenvalue weighted by Gasteiger charge is 2.33. The number of aromatic nitrogens is 4. The summed E-state index contributed by atoms with van der Waals surface area (Å²) in [7, 11) is 0. The molecule has 0 N–H and O–H groups in total. The summed E-state index contributed by atoms with van der Waals surface area (Å²) in [4.78, 5) is 4.45. The Kier molecular flexibility index (Phi) is 5.38. The predicted molar refractivity (Wildman–Crippen MR) is 108 cm³/mol. The number of rotatable bonds is 5. The number of hydrogen-bond donors (Lipinski definition) is 0. The van der Waals surface area contributed by atoms with E-state index in [-0.39, 0.29) is 11.6 Å². The third kappa shape index (κ3) is 3.97. The summed E-state index contributed by atoms with van der Waals surface area (Å²) in [5.74, 6) is 1.12. The molecule has 0 saturated heterocycles. The van der Waals surface area contributed by atoms with Gasteiger partial charge in [0.05, 0.1) is 22.9 Å². The summed E-state index contributed by atoms with van der Waals surface area (Å²) in [6, 6.07) is 10.0. The molecule has 0 amide bonds. The molecule has 0 fully saturated rings. The van der Waals surface area contributed by atoms with Gasteiger partial charge >= 0.3 is 0 Å². The smallest absolute Gasteiger partial charge is 0.177 e. The lowest BCUT2D eigenvalue weighted by molar-refractivity contribution is 0.0909. The molecule has 1 aromatic carbocycles. The van der Waals surface area contributed by atoms with Crippen LogP contribution in [-0.4, -0.2) is 19.7 Å². The van der Waals surface area contributed by atoms with E-state index in [1.165, 1.54) is 6.07 Å². The molecule has 0 atom stereocenters. The molecule has 29 heavy (non-hydrogen) atoms. The van der Waals surface area contributed by atoms with E-state index in [1.807, 2.05) is 64.3 Å². The zero-order valence-corrected chi connectivity index (χ0v) is 17.5. The molecule has 0 bridgehead atoms. The van der Waals surface area contributed by atoms with Crippen molar-refractivity contribution in [3.8, 4) is 23.2 Å². The fourth-order valence-corrected chi connectivity index (χ4v) is 3.24. The lowest BCUT2D eigenvalue weighted by Gasteiger charge is -2.28. The molecule has 3 aromatic rings. The monoisotopic (exact) mass is 393 g/mol. The van der Waals surface area contributed by atoms with Crippen molar-refractivity contribution in [3.05, 3.63) is 58.9 Å². The van der Waals surface area contributed by atoms with Crippen LogP contribution >= 0.6 is 0 Å². The number of hydrogen-bond acceptors (Lipinski definition) is 5. The first-order valence-corrected chi connectivity index (χ1v) is 9.42. The van der Waals surface area contributed by atoms with E-state index < -0.39 is 11.4 Å². The van der Waals surface area contributed by atoms with Crippen LogP contribution in [-0.2, 0) is 5.60 Å². The van der Waals surface area contributed by atoms with Gasteiger partial charge in [-0.15, -0.1) is 10.2 Å². The third-order valence-electron chi connectivity index (χ3n) is 4.63. The Balaban J connectivity index is 2.07. The van der Waals surface area contributed by atoms with Crippen LogP contribution in [0.5, 0.6) is 5.75 Å². The number of pyridine rings is 1. The average molecular weight is 393 g/mol. The Morgan fingerprint density at radius 2 is 1.86 bits per heavy atom. The van der Waals surface area contributed by atoms with Crippen molar-refractivity contribution in [3.63, 3.8) is 0 Å². The van der Waals surface area contributed by atoms with Crippen LogP contribution in [0.4, 0.5) is 4.39 Å². The molecule has 7 heteroatoms. The van der Waals surface area contributed by atoms with Gasteiger partial charge in [0.25, 0.3) is 0 Å². The van der Waals surface area contributed by atoms with Gasteiger partial charge in [0.1, 0.15) is 11.6 Å². The van der Waals surface area contributed by atoms with Gasteiger partial charge < -0.3 is 9.30 Å². The van der Waals surface area contributed by atoms with Crippen LogP contribution in [0.1, 0.15) is 56.5 Å². The Bertz CT molecular complexity index is 1100. The molecular weight excluding hydrogens is 369 g/mol. The van der Waals surface area contributed by atoms with Crippen molar-refractivity contribution >= 4 is 0 Å². The van der Waals surface area contributed by atoms with Gasteiger partial charge in [-0.3, -0.25) is 4.98 Å². The van der Waals surface area contributed by atoms with E-state index >= 15 is 0 Å². The van der Waals surface area contributed by atoms with Crippen molar-refractivity contribution in [2.75, 3.05) is 0 Å². The van der Waals surface area contributed by atoms with E-state index in [4.69, 9.17) is 10.00 Å². The van der Waals surface area contributed by atoms with Crippen molar-refractivity contribution < 1.29 is 9.13 Å². The van der Waals surface area contributed by atoms with E-state index in [9.17, 15) is 4.39 Å². The highest BCUT2D eigenvalue weighted by Crippen LogP contribution is 2.33. The third-order valence-corrected chi connectivity index (χ3v) is 4.63. The van der Waals surface area contributed by atoms with E-state index in [2.05, 4.69) is 15.2 Å². The van der Waals surface area contributed by atoms with E-state index in [0.29, 0.717) is 23.0 Å². The quantitative estimate of drug-likeness (QED) is 0.618.